The smallest absolute Gasteiger partial charge is 0.325 e. The Hall–Kier alpha value is -1.30. The average molecular weight is 229 g/mol. The number of carboxylic acid groups (broad SMARTS) is 1. The zero-order valence-corrected chi connectivity index (χ0v) is 9.53. The fourth-order valence-corrected chi connectivity index (χ4v) is 1.66. The van der Waals surface area contributed by atoms with Gasteiger partial charge >= 0.3 is 12.0 Å². The maximum absolute atomic E-state index is 11.6. The molecule has 4 N–H and O–H groups in total. The van der Waals surface area contributed by atoms with Gasteiger partial charge in [-0.2, -0.15) is 0 Å². The Morgan fingerprint density at radius 1 is 1.56 bits per heavy atom. The quantitative estimate of drug-likeness (QED) is 0.590. The second kappa shape index (κ2) is 5.16. The van der Waals surface area contributed by atoms with Crippen LogP contribution in [-0.4, -0.2) is 47.2 Å². The summed E-state index contributed by atoms with van der Waals surface area (Å²) in [5.74, 6) is -1.05. The van der Waals surface area contributed by atoms with E-state index in [2.05, 4.69) is 5.32 Å². The maximum atomic E-state index is 11.6. The van der Waals surface area contributed by atoms with Crippen LogP contribution in [0.4, 0.5) is 4.79 Å². The summed E-state index contributed by atoms with van der Waals surface area (Å²) in [5, 5.41) is 11.6. The minimum atomic E-state index is -1.28. The molecule has 92 valence electrons. The van der Waals surface area contributed by atoms with Gasteiger partial charge in [0, 0.05) is 13.1 Å². The monoisotopic (exact) mass is 229 g/mol. The third-order valence-corrected chi connectivity index (χ3v) is 2.82. The van der Waals surface area contributed by atoms with E-state index in [9.17, 15) is 9.59 Å². The van der Waals surface area contributed by atoms with Crippen LogP contribution < -0.4 is 11.1 Å². The van der Waals surface area contributed by atoms with Crippen LogP contribution in [0.3, 0.4) is 0 Å². The molecule has 1 aliphatic rings. The lowest BCUT2D eigenvalue weighted by Gasteiger charge is -2.20. The van der Waals surface area contributed by atoms with Gasteiger partial charge < -0.3 is 21.1 Å². The van der Waals surface area contributed by atoms with Crippen molar-refractivity contribution in [1.82, 2.24) is 10.2 Å². The van der Waals surface area contributed by atoms with Crippen molar-refractivity contribution in [3.05, 3.63) is 0 Å². The maximum Gasteiger partial charge on any atom is 0.325 e. The summed E-state index contributed by atoms with van der Waals surface area (Å²) in [5.41, 5.74) is 4.39. The number of carbonyl (C=O) groups excluding carboxylic acids is 1. The first-order chi connectivity index (χ1) is 7.49. The molecule has 0 aliphatic carbocycles. The van der Waals surface area contributed by atoms with E-state index < -0.39 is 11.5 Å². The van der Waals surface area contributed by atoms with Gasteiger partial charge in [0.05, 0.1) is 6.54 Å². The molecule has 6 heteroatoms. The summed E-state index contributed by atoms with van der Waals surface area (Å²) in [6.07, 6.45) is 2.24. The highest BCUT2D eigenvalue weighted by Gasteiger charge is 2.42. The molecule has 0 radical (unpaired) electrons. The van der Waals surface area contributed by atoms with Crippen molar-refractivity contribution < 1.29 is 14.7 Å². The van der Waals surface area contributed by atoms with E-state index in [0.29, 0.717) is 19.5 Å². The van der Waals surface area contributed by atoms with Crippen molar-refractivity contribution in [3.8, 4) is 0 Å². The highest BCUT2D eigenvalue weighted by molar-refractivity contribution is 5.82. The zero-order valence-electron chi connectivity index (χ0n) is 9.53. The van der Waals surface area contributed by atoms with E-state index in [4.69, 9.17) is 10.8 Å². The number of hydrogen-bond donors (Lipinski definition) is 3. The molecule has 1 saturated heterocycles. The van der Waals surface area contributed by atoms with Gasteiger partial charge in [0.2, 0.25) is 0 Å². The molecule has 6 nitrogen and oxygen atoms in total. The summed E-state index contributed by atoms with van der Waals surface area (Å²) in [7, 11) is 0. The minimum absolute atomic E-state index is 0.0836. The highest BCUT2D eigenvalue weighted by Crippen LogP contribution is 2.18. The molecule has 0 aromatic heterocycles. The number of hydrogen-bond acceptors (Lipinski definition) is 3. The van der Waals surface area contributed by atoms with Crippen LogP contribution in [0.15, 0.2) is 0 Å². The van der Waals surface area contributed by atoms with Crippen LogP contribution in [0, 0.1) is 0 Å². The van der Waals surface area contributed by atoms with Crippen molar-refractivity contribution in [2.75, 3.05) is 19.6 Å². The largest absolute Gasteiger partial charge is 0.480 e. The first-order valence-electron chi connectivity index (χ1n) is 5.54. The van der Waals surface area contributed by atoms with Crippen molar-refractivity contribution >= 4 is 12.0 Å². The number of rotatable bonds is 4. The van der Waals surface area contributed by atoms with E-state index in [1.807, 2.05) is 6.92 Å². The fraction of sp³-hybridized carbons (Fsp3) is 0.800. The SMILES string of the molecule is CCCCNC(=O)N1CCC(N)(C(=O)O)C1. The van der Waals surface area contributed by atoms with Crippen LogP contribution in [-0.2, 0) is 4.79 Å². The number of urea groups is 1. The number of unbranched alkanes of at least 4 members (excludes halogenated alkanes) is 1. The normalized spacial score (nSPS) is 24.5. The topological polar surface area (TPSA) is 95.7 Å². The van der Waals surface area contributed by atoms with Crippen LogP contribution in [0.2, 0.25) is 0 Å². The molecule has 0 aromatic carbocycles. The van der Waals surface area contributed by atoms with Crippen LogP contribution in [0.25, 0.3) is 0 Å². The first kappa shape index (κ1) is 12.8. The van der Waals surface area contributed by atoms with Crippen molar-refractivity contribution in [3.63, 3.8) is 0 Å². The van der Waals surface area contributed by atoms with Gasteiger partial charge in [0.1, 0.15) is 5.54 Å². The molecule has 1 rings (SSSR count). The molecule has 0 bridgehead atoms. The van der Waals surface area contributed by atoms with Gasteiger partial charge in [-0.05, 0) is 12.8 Å². The van der Waals surface area contributed by atoms with Gasteiger partial charge in [-0.3, -0.25) is 4.79 Å². The molecule has 0 spiro atoms. The Morgan fingerprint density at radius 2 is 2.25 bits per heavy atom. The lowest BCUT2D eigenvalue weighted by atomic mass is 10.0. The second-order valence-corrected chi connectivity index (χ2v) is 4.22. The predicted molar refractivity (Wildman–Crippen MR) is 59.1 cm³/mol. The summed E-state index contributed by atoms with van der Waals surface area (Å²) < 4.78 is 0. The van der Waals surface area contributed by atoms with Gasteiger partial charge in [0.25, 0.3) is 0 Å². The van der Waals surface area contributed by atoms with E-state index >= 15 is 0 Å². The number of nitrogens with one attached hydrogen (secondary N) is 1. The van der Waals surface area contributed by atoms with Crippen molar-refractivity contribution in [1.29, 1.82) is 0 Å². The summed E-state index contributed by atoms with van der Waals surface area (Å²) in [6.45, 7) is 3.15. The fourth-order valence-electron chi connectivity index (χ4n) is 1.66. The Morgan fingerprint density at radius 3 is 2.75 bits per heavy atom. The Bertz CT molecular complexity index is 282. The summed E-state index contributed by atoms with van der Waals surface area (Å²) >= 11 is 0. The van der Waals surface area contributed by atoms with E-state index in [-0.39, 0.29) is 12.6 Å². The van der Waals surface area contributed by atoms with Crippen molar-refractivity contribution in [2.45, 2.75) is 31.7 Å². The molecule has 16 heavy (non-hydrogen) atoms. The number of carbonyl (C=O) groups is 2. The van der Waals surface area contributed by atoms with Crippen LogP contribution in [0.5, 0.6) is 0 Å². The molecular formula is C10H19N3O3. The molecule has 0 saturated carbocycles. The third-order valence-electron chi connectivity index (χ3n) is 2.82. The Labute approximate surface area is 94.8 Å². The lowest BCUT2D eigenvalue weighted by Crippen LogP contribution is -2.51. The molecule has 1 atom stereocenters. The van der Waals surface area contributed by atoms with Gasteiger partial charge in [-0.1, -0.05) is 13.3 Å². The number of nitrogens with zero attached hydrogens (tertiary/aromatic N) is 1. The van der Waals surface area contributed by atoms with E-state index in [1.165, 1.54) is 4.90 Å². The molecule has 1 heterocycles. The third kappa shape index (κ3) is 2.85. The standard InChI is InChI=1S/C10H19N3O3/c1-2-3-5-12-9(16)13-6-4-10(11,7-13)8(14)15/h2-7,11H2,1H3,(H,12,16)(H,14,15). The summed E-state index contributed by atoms with van der Waals surface area (Å²) in [4.78, 5) is 23.9. The molecule has 0 aromatic rings. The summed E-state index contributed by atoms with van der Waals surface area (Å²) in [6, 6.07) is -0.220. The average Bonchev–Trinajstić information content (AvgIpc) is 2.63. The van der Waals surface area contributed by atoms with Crippen LogP contribution >= 0.6 is 0 Å². The number of likely N-dealkylation sites (tertiary alicyclic amines) is 1. The van der Waals surface area contributed by atoms with Gasteiger partial charge in [-0.15, -0.1) is 0 Å². The molecular weight excluding hydrogens is 210 g/mol. The first-order valence-corrected chi connectivity index (χ1v) is 5.54. The Kier molecular flexibility index (Phi) is 4.12. The number of nitrogens with two attached hydrogens (primary N) is 1. The Balaban J connectivity index is 2.41. The number of amides is 2. The predicted octanol–water partition coefficient (Wildman–Crippen LogP) is -0.0161. The van der Waals surface area contributed by atoms with E-state index in [0.717, 1.165) is 12.8 Å². The van der Waals surface area contributed by atoms with Gasteiger partial charge in [0.15, 0.2) is 0 Å². The highest BCUT2D eigenvalue weighted by atomic mass is 16.4. The molecule has 1 fully saturated rings. The molecule has 1 unspecified atom stereocenters. The second-order valence-electron chi connectivity index (χ2n) is 4.22. The molecule has 2 amide bonds. The molecule has 1 aliphatic heterocycles. The lowest BCUT2D eigenvalue weighted by molar-refractivity contribution is -0.142. The number of aliphatic carboxylic acids is 1. The van der Waals surface area contributed by atoms with Gasteiger partial charge in [-0.25, -0.2) is 4.79 Å². The van der Waals surface area contributed by atoms with E-state index in [1.54, 1.807) is 0 Å². The van der Waals surface area contributed by atoms with Crippen molar-refractivity contribution in [2.24, 2.45) is 5.73 Å². The minimum Gasteiger partial charge on any atom is -0.480 e. The zero-order chi connectivity index (χ0) is 12.2. The number of carboxylic acids is 1. The van der Waals surface area contributed by atoms with Crippen LogP contribution in [0.1, 0.15) is 26.2 Å².